The van der Waals surface area contributed by atoms with Crippen LogP contribution in [-0.2, 0) is 17.1 Å². The Labute approximate surface area is 160 Å². The third-order valence-electron chi connectivity index (χ3n) is 3.17. The van der Waals surface area contributed by atoms with E-state index in [1.807, 2.05) is 0 Å². The first-order chi connectivity index (χ1) is 11.0. The third kappa shape index (κ3) is 15.4. The molecule has 0 heterocycles. The highest BCUT2D eigenvalue weighted by atomic mass is 28.5. The summed E-state index contributed by atoms with van der Waals surface area (Å²) in [5.41, 5.74) is 0. The smallest absolute Gasteiger partial charge is 0.315 e. The molecule has 0 aromatic carbocycles. The number of aliphatic hydroxyl groups excluding tert-OH is 1. The zero-order valence-electron chi connectivity index (χ0n) is 18.2. The van der Waals surface area contributed by atoms with Gasteiger partial charge in [0.15, 0.2) is 22.9 Å². The highest BCUT2D eigenvalue weighted by Gasteiger charge is 2.43. The van der Waals surface area contributed by atoms with Crippen LogP contribution in [0.5, 0.6) is 0 Å². The van der Waals surface area contributed by atoms with Crippen LogP contribution in [0.25, 0.3) is 0 Å². The second-order valence-corrected chi connectivity index (χ2v) is 25.8. The number of unbranched alkanes of at least 4 members (excludes halogenated alkanes) is 2. The minimum atomic E-state index is -2.27. The normalized spacial score (nSPS) is 17.4. The summed E-state index contributed by atoms with van der Waals surface area (Å²) in [5.74, 6) is 0. The number of aliphatic hydroxyl groups is 1. The summed E-state index contributed by atoms with van der Waals surface area (Å²) in [6.45, 7) is 22.1. The number of hydrogen-bond acceptors (Lipinski definition) is 5. The number of rotatable bonds is 13. The summed E-state index contributed by atoms with van der Waals surface area (Å²) < 4.78 is 24.8. The van der Waals surface area contributed by atoms with Gasteiger partial charge in [0.05, 0.1) is 0 Å². The molecule has 0 rings (SSSR count). The molecule has 0 aromatic heterocycles. The molecule has 25 heavy (non-hydrogen) atoms. The summed E-state index contributed by atoms with van der Waals surface area (Å²) in [4.78, 5) is 0. The van der Waals surface area contributed by atoms with Gasteiger partial charge in [-0.05, 0) is 78.3 Å². The molecular formula is C16H42O5Si4. The molecule has 1 N–H and O–H groups in total. The Morgan fingerprint density at radius 3 is 1.68 bits per heavy atom. The third-order valence-corrected chi connectivity index (χ3v) is 16.7. The SMILES string of the molecule is CC(O)OCCCCC[Si](C)(O[Si](C)(C)C)O[Si](C)(C)O[Si](C)(C)C. The molecule has 0 fully saturated rings. The van der Waals surface area contributed by atoms with E-state index in [1.165, 1.54) is 0 Å². The Morgan fingerprint density at radius 1 is 0.720 bits per heavy atom. The molecule has 0 aliphatic heterocycles. The predicted molar refractivity (Wildman–Crippen MR) is 115 cm³/mol. The van der Waals surface area contributed by atoms with Crippen LogP contribution in [0.15, 0.2) is 0 Å². The predicted octanol–water partition coefficient (Wildman–Crippen LogP) is 5.01. The molecular weight excluding hydrogens is 385 g/mol. The second kappa shape index (κ2) is 10.3. The molecule has 0 saturated heterocycles. The van der Waals surface area contributed by atoms with Crippen LogP contribution >= 0.6 is 0 Å². The van der Waals surface area contributed by atoms with Crippen molar-refractivity contribution in [2.24, 2.45) is 0 Å². The van der Waals surface area contributed by atoms with E-state index in [2.05, 4.69) is 58.9 Å². The van der Waals surface area contributed by atoms with E-state index in [-0.39, 0.29) is 0 Å². The van der Waals surface area contributed by atoms with Crippen molar-refractivity contribution < 1.29 is 22.2 Å². The fourth-order valence-electron chi connectivity index (χ4n) is 3.03. The van der Waals surface area contributed by atoms with Crippen molar-refractivity contribution in [3.63, 3.8) is 0 Å². The van der Waals surface area contributed by atoms with E-state index >= 15 is 0 Å². The lowest BCUT2D eigenvalue weighted by Gasteiger charge is -2.41. The average Bonchev–Trinajstić information content (AvgIpc) is 2.26. The van der Waals surface area contributed by atoms with Gasteiger partial charge in [0.25, 0.3) is 0 Å². The first-order valence-electron chi connectivity index (χ1n) is 9.44. The molecule has 2 atom stereocenters. The summed E-state index contributed by atoms with van der Waals surface area (Å²) in [5, 5.41) is 9.13. The summed E-state index contributed by atoms with van der Waals surface area (Å²) in [7, 11) is -7.79. The van der Waals surface area contributed by atoms with Gasteiger partial charge in [0.1, 0.15) is 0 Å². The molecule has 2 unspecified atom stereocenters. The molecule has 0 aliphatic carbocycles. The maximum atomic E-state index is 9.13. The fraction of sp³-hybridized carbons (Fsp3) is 1.00. The van der Waals surface area contributed by atoms with Gasteiger partial charge in [-0.25, -0.2) is 0 Å². The van der Waals surface area contributed by atoms with Crippen molar-refractivity contribution >= 4 is 33.8 Å². The average molecular weight is 427 g/mol. The lowest BCUT2D eigenvalue weighted by molar-refractivity contribution is -0.0858. The van der Waals surface area contributed by atoms with Crippen LogP contribution in [0.3, 0.4) is 0 Å². The first kappa shape index (κ1) is 25.7. The largest absolute Gasteiger partial charge is 0.437 e. The van der Waals surface area contributed by atoms with Crippen molar-refractivity contribution in [1.82, 2.24) is 0 Å². The Hall–Kier alpha value is 0.668. The van der Waals surface area contributed by atoms with E-state index in [1.54, 1.807) is 6.92 Å². The maximum Gasteiger partial charge on any atom is 0.315 e. The summed E-state index contributed by atoms with van der Waals surface area (Å²) in [6.07, 6.45) is 2.40. The highest BCUT2D eigenvalue weighted by molar-refractivity contribution is 6.89. The van der Waals surface area contributed by atoms with Crippen LogP contribution < -0.4 is 0 Å². The van der Waals surface area contributed by atoms with Gasteiger partial charge < -0.3 is 22.2 Å². The summed E-state index contributed by atoms with van der Waals surface area (Å²) >= 11 is 0. The van der Waals surface area contributed by atoms with Gasteiger partial charge >= 0.3 is 17.1 Å². The second-order valence-electron chi connectivity index (χ2n) is 9.35. The molecule has 9 heteroatoms. The van der Waals surface area contributed by atoms with Crippen molar-refractivity contribution in [3.05, 3.63) is 0 Å². The van der Waals surface area contributed by atoms with Gasteiger partial charge in [-0.3, -0.25) is 0 Å². The van der Waals surface area contributed by atoms with E-state index in [0.717, 1.165) is 25.3 Å². The van der Waals surface area contributed by atoms with Crippen LogP contribution in [0.1, 0.15) is 26.2 Å². The molecule has 0 spiro atoms. The minimum Gasteiger partial charge on any atom is -0.437 e. The van der Waals surface area contributed by atoms with Gasteiger partial charge in [-0.15, -0.1) is 0 Å². The molecule has 0 bridgehead atoms. The minimum absolute atomic E-state index is 0.602. The Balaban J connectivity index is 4.73. The van der Waals surface area contributed by atoms with Crippen molar-refractivity contribution in [2.45, 2.75) is 97.4 Å². The van der Waals surface area contributed by atoms with E-state index in [0.29, 0.717) is 6.61 Å². The standard InChI is InChI=1S/C16H42O5Si4/c1-16(17)18-14-12-11-13-15-25(10,20-23(5,6)7)21-24(8,9)19-22(2,3)4/h16-17H,11-15H2,1-10H3. The quantitative estimate of drug-likeness (QED) is 0.255. The van der Waals surface area contributed by atoms with Gasteiger partial charge in [-0.1, -0.05) is 12.8 Å². The van der Waals surface area contributed by atoms with Gasteiger partial charge in [0.2, 0.25) is 0 Å². The maximum absolute atomic E-state index is 9.13. The van der Waals surface area contributed by atoms with E-state index in [4.69, 9.17) is 22.2 Å². The van der Waals surface area contributed by atoms with Gasteiger partial charge in [0, 0.05) is 6.61 Å². The molecule has 0 saturated carbocycles. The molecule has 0 aromatic rings. The molecule has 152 valence electrons. The zero-order chi connectivity index (χ0) is 19.9. The monoisotopic (exact) mass is 426 g/mol. The van der Waals surface area contributed by atoms with E-state index in [9.17, 15) is 0 Å². The van der Waals surface area contributed by atoms with Crippen molar-refractivity contribution in [3.8, 4) is 0 Å². The Kier molecular flexibility index (Phi) is 10.6. The number of ether oxygens (including phenoxy) is 1. The van der Waals surface area contributed by atoms with Crippen LogP contribution in [0.2, 0.25) is 65.0 Å². The van der Waals surface area contributed by atoms with Gasteiger partial charge in [-0.2, -0.15) is 0 Å². The van der Waals surface area contributed by atoms with Crippen molar-refractivity contribution in [2.75, 3.05) is 6.61 Å². The lowest BCUT2D eigenvalue weighted by atomic mass is 10.3. The Morgan fingerprint density at radius 2 is 1.24 bits per heavy atom. The highest BCUT2D eigenvalue weighted by Crippen LogP contribution is 2.28. The topological polar surface area (TPSA) is 57.2 Å². The lowest BCUT2D eigenvalue weighted by Crippen LogP contribution is -2.56. The molecule has 0 aliphatic rings. The van der Waals surface area contributed by atoms with Crippen LogP contribution in [-0.4, -0.2) is 51.8 Å². The summed E-state index contributed by atoms with van der Waals surface area (Å²) in [6, 6.07) is 0.984. The number of hydrogen-bond donors (Lipinski definition) is 1. The first-order valence-corrected chi connectivity index (χ1v) is 21.6. The zero-order valence-corrected chi connectivity index (χ0v) is 22.2. The van der Waals surface area contributed by atoms with Crippen molar-refractivity contribution in [1.29, 1.82) is 0 Å². The fourth-order valence-corrected chi connectivity index (χ4v) is 21.1. The van der Waals surface area contributed by atoms with E-state index < -0.39 is 40.0 Å². The molecule has 0 radical (unpaired) electrons. The molecule has 0 amide bonds. The molecule has 5 nitrogen and oxygen atoms in total. The van der Waals surface area contributed by atoms with Crippen LogP contribution in [0.4, 0.5) is 0 Å². The van der Waals surface area contributed by atoms with Crippen LogP contribution in [0, 0.1) is 0 Å². The Bertz CT molecular complexity index is 380.